The van der Waals surface area contributed by atoms with Gasteiger partial charge >= 0.3 is 5.97 Å². The fourth-order valence-corrected chi connectivity index (χ4v) is 2.06. The molecule has 2 aromatic carbocycles. The van der Waals surface area contributed by atoms with Crippen molar-refractivity contribution < 1.29 is 19.4 Å². The van der Waals surface area contributed by atoms with Crippen LogP contribution in [0.5, 0.6) is 0 Å². The van der Waals surface area contributed by atoms with Crippen LogP contribution in [0.4, 0.5) is 5.88 Å². The average Bonchev–Trinajstić information content (AvgIpc) is 3.07. The minimum Gasteiger partial charge on any atom is -0.479 e. The van der Waals surface area contributed by atoms with Crippen LogP contribution in [0.3, 0.4) is 0 Å². The van der Waals surface area contributed by atoms with Crippen LogP contribution in [0.2, 0.25) is 0 Å². The number of benzene rings is 2. The van der Waals surface area contributed by atoms with Gasteiger partial charge in [-0.3, -0.25) is 0 Å². The molecule has 0 amide bonds. The van der Waals surface area contributed by atoms with Gasteiger partial charge in [0.25, 0.3) is 0 Å². The van der Waals surface area contributed by atoms with Crippen molar-refractivity contribution in [1.82, 2.24) is 0 Å². The number of nitrogens with two attached hydrogens (primary N) is 1. The lowest BCUT2D eigenvalue weighted by atomic mass is 9.86. The van der Waals surface area contributed by atoms with Crippen molar-refractivity contribution in [3.8, 4) is 0 Å². The Balaban J connectivity index is 0.000000268. The van der Waals surface area contributed by atoms with Crippen molar-refractivity contribution in [2.45, 2.75) is 5.60 Å². The molecular formula is C18H17NO4. The molecule has 5 nitrogen and oxygen atoms in total. The fraction of sp³-hybridized carbons (Fsp3) is 0.0556. The Hall–Kier alpha value is -3.05. The zero-order chi connectivity index (χ0) is 16.7. The van der Waals surface area contributed by atoms with Gasteiger partial charge in [0.15, 0.2) is 5.88 Å². The molecule has 0 radical (unpaired) electrons. The molecule has 3 aromatic rings. The largest absolute Gasteiger partial charge is 0.479 e. The van der Waals surface area contributed by atoms with E-state index in [9.17, 15) is 15.0 Å². The Morgan fingerprint density at radius 1 is 0.870 bits per heavy atom. The lowest BCUT2D eigenvalue weighted by molar-refractivity contribution is -0.155. The van der Waals surface area contributed by atoms with Crippen LogP contribution < -0.4 is 5.73 Å². The minimum atomic E-state index is -2.00. The van der Waals surface area contributed by atoms with E-state index >= 15 is 0 Å². The molecular weight excluding hydrogens is 294 g/mol. The number of carboxylic acids is 1. The summed E-state index contributed by atoms with van der Waals surface area (Å²) in [5.41, 5.74) is 3.81. The smallest absolute Gasteiger partial charge is 0.345 e. The van der Waals surface area contributed by atoms with Gasteiger partial charge in [0.05, 0.1) is 6.26 Å². The van der Waals surface area contributed by atoms with Gasteiger partial charge < -0.3 is 20.4 Å². The third-order valence-electron chi connectivity index (χ3n) is 3.24. The van der Waals surface area contributed by atoms with E-state index < -0.39 is 11.6 Å². The molecule has 23 heavy (non-hydrogen) atoms. The third kappa shape index (κ3) is 3.78. The molecule has 4 N–H and O–H groups in total. The predicted octanol–water partition coefficient (Wildman–Crippen LogP) is 2.87. The molecule has 118 valence electrons. The maximum Gasteiger partial charge on any atom is 0.345 e. The van der Waals surface area contributed by atoms with Crippen LogP contribution in [-0.2, 0) is 10.4 Å². The number of hydrogen-bond acceptors (Lipinski definition) is 4. The Morgan fingerprint density at radius 2 is 1.35 bits per heavy atom. The predicted molar refractivity (Wildman–Crippen MR) is 86.6 cm³/mol. The SMILES string of the molecule is Nc1ccco1.O=C(O)C(O)(c1ccccc1)c1ccccc1. The van der Waals surface area contributed by atoms with Crippen molar-refractivity contribution in [3.63, 3.8) is 0 Å². The zero-order valence-corrected chi connectivity index (χ0v) is 12.3. The van der Waals surface area contributed by atoms with Crippen LogP contribution in [0.1, 0.15) is 11.1 Å². The van der Waals surface area contributed by atoms with E-state index in [4.69, 9.17) is 5.73 Å². The fourth-order valence-electron chi connectivity index (χ4n) is 2.06. The molecule has 0 bridgehead atoms. The highest BCUT2D eigenvalue weighted by Crippen LogP contribution is 2.29. The van der Waals surface area contributed by atoms with Gasteiger partial charge in [0.1, 0.15) is 0 Å². The maximum absolute atomic E-state index is 11.4. The van der Waals surface area contributed by atoms with Gasteiger partial charge in [-0.05, 0) is 17.2 Å². The van der Waals surface area contributed by atoms with Gasteiger partial charge in [-0.1, -0.05) is 60.7 Å². The number of rotatable bonds is 3. The minimum absolute atomic E-state index is 0.346. The summed E-state index contributed by atoms with van der Waals surface area (Å²) < 4.78 is 4.61. The van der Waals surface area contributed by atoms with E-state index in [2.05, 4.69) is 4.42 Å². The summed E-state index contributed by atoms with van der Waals surface area (Å²) in [7, 11) is 0. The lowest BCUT2D eigenvalue weighted by Crippen LogP contribution is -2.36. The zero-order valence-electron chi connectivity index (χ0n) is 12.3. The molecule has 0 spiro atoms. The third-order valence-corrected chi connectivity index (χ3v) is 3.24. The van der Waals surface area contributed by atoms with E-state index in [0.717, 1.165) is 0 Å². The summed E-state index contributed by atoms with van der Waals surface area (Å²) >= 11 is 0. The first-order valence-corrected chi connectivity index (χ1v) is 6.91. The molecule has 0 atom stereocenters. The molecule has 0 saturated heterocycles. The first-order chi connectivity index (χ1) is 11.0. The summed E-state index contributed by atoms with van der Waals surface area (Å²) in [6, 6.07) is 20.2. The summed E-state index contributed by atoms with van der Waals surface area (Å²) in [4.78, 5) is 11.4. The Kier molecular flexibility index (Phi) is 5.17. The first-order valence-electron chi connectivity index (χ1n) is 6.91. The Labute approximate surface area is 133 Å². The summed E-state index contributed by atoms with van der Waals surface area (Å²) in [5, 5.41) is 19.7. The van der Waals surface area contributed by atoms with Crippen molar-refractivity contribution >= 4 is 11.9 Å². The van der Waals surface area contributed by atoms with Crippen molar-refractivity contribution in [3.05, 3.63) is 90.2 Å². The molecule has 0 unspecified atom stereocenters. The maximum atomic E-state index is 11.4. The van der Waals surface area contributed by atoms with Crippen molar-refractivity contribution in [2.75, 3.05) is 5.73 Å². The van der Waals surface area contributed by atoms with Crippen LogP contribution in [0, 0.1) is 0 Å². The second-order valence-electron chi connectivity index (χ2n) is 4.76. The van der Waals surface area contributed by atoms with E-state index in [1.807, 2.05) is 0 Å². The van der Waals surface area contributed by atoms with E-state index in [0.29, 0.717) is 17.0 Å². The molecule has 3 rings (SSSR count). The number of aliphatic hydroxyl groups is 1. The number of carboxylic acid groups (broad SMARTS) is 1. The Bertz CT molecular complexity index is 685. The number of nitrogen functional groups attached to an aromatic ring is 1. The number of anilines is 1. The highest BCUT2D eigenvalue weighted by atomic mass is 16.4. The van der Waals surface area contributed by atoms with Crippen molar-refractivity contribution in [2.24, 2.45) is 0 Å². The van der Waals surface area contributed by atoms with Gasteiger partial charge in [-0.25, -0.2) is 4.79 Å². The molecule has 5 heteroatoms. The summed E-state index contributed by atoms with van der Waals surface area (Å²) in [6.45, 7) is 0. The highest BCUT2D eigenvalue weighted by molar-refractivity contribution is 5.83. The standard InChI is InChI=1S/C14H12O3.C4H5NO/c15-13(16)14(17,11-7-3-1-4-8-11)12-9-5-2-6-10-12;5-4-2-1-3-6-4/h1-10,17H,(H,15,16);1-3H,5H2. The van der Waals surface area contributed by atoms with Crippen LogP contribution in [0.25, 0.3) is 0 Å². The van der Waals surface area contributed by atoms with Gasteiger partial charge in [-0.2, -0.15) is 0 Å². The normalized spacial score (nSPS) is 10.5. The summed E-state index contributed by atoms with van der Waals surface area (Å²) in [5.74, 6) is -0.815. The van der Waals surface area contributed by atoms with Crippen molar-refractivity contribution in [1.29, 1.82) is 0 Å². The molecule has 1 heterocycles. The molecule has 0 aliphatic heterocycles. The quantitative estimate of drug-likeness (QED) is 0.691. The average molecular weight is 311 g/mol. The topological polar surface area (TPSA) is 96.7 Å². The van der Waals surface area contributed by atoms with E-state index in [-0.39, 0.29) is 0 Å². The second-order valence-corrected chi connectivity index (χ2v) is 4.76. The van der Waals surface area contributed by atoms with E-state index in [1.165, 1.54) is 6.26 Å². The monoisotopic (exact) mass is 311 g/mol. The molecule has 0 saturated carbocycles. The molecule has 1 aromatic heterocycles. The van der Waals surface area contributed by atoms with Crippen LogP contribution in [0.15, 0.2) is 83.5 Å². The number of hydrogen-bond donors (Lipinski definition) is 3. The van der Waals surface area contributed by atoms with Gasteiger partial charge in [-0.15, -0.1) is 0 Å². The van der Waals surface area contributed by atoms with E-state index in [1.54, 1.807) is 72.8 Å². The summed E-state index contributed by atoms with van der Waals surface area (Å²) in [6.07, 6.45) is 1.54. The van der Waals surface area contributed by atoms with Crippen LogP contribution >= 0.6 is 0 Å². The number of furan rings is 1. The van der Waals surface area contributed by atoms with Gasteiger partial charge in [0.2, 0.25) is 5.60 Å². The highest BCUT2D eigenvalue weighted by Gasteiger charge is 2.39. The van der Waals surface area contributed by atoms with Gasteiger partial charge in [0, 0.05) is 6.07 Å². The number of aliphatic carboxylic acids is 1. The van der Waals surface area contributed by atoms with Crippen LogP contribution in [-0.4, -0.2) is 16.2 Å². The molecule has 0 fully saturated rings. The lowest BCUT2D eigenvalue weighted by Gasteiger charge is -2.24. The second kappa shape index (κ2) is 7.29. The molecule has 0 aliphatic rings. The molecule has 0 aliphatic carbocycles. The number of carbonyl (C=O) groups is 1. The first kappa shape index (κ1) is 16.3. The Morgan fingerprint density at radius 3 is 1.61 bits per heavy atom.